The third-order valence-corrected chi connectivity index (χ3v) is 4.16. The molecule has 138 valence electrons. The molecule has 0 saturated heterocycles. The zero-order valence-electron chi connectivity index (χ0n) is 14.4. The lowest BCUT2D eigenvalue weighted by molar-refractivity contribution is -0.134. The molecule has 0 spiro atoms. The minimum Gasteiger partial charge on any atom is -0.507 e. The van der Waals surface area contributed by atoms with Crippen molar-refractivity contribution in [3.63, 3.8) is 0 Å². The van der Waals surface area contributed by atoms with Crippen molar-refractivity contribution in [2.45, 2.75) is 57.4 Å². The van der Waals surface area contributed by atoms with Crippen LogP contribution in [0.4, 0.5) is 0 Å². The van der Waals surface area contributed by atoms with Gasteiger partial charge in [-0.3, -0.25) is 0 Å². The Morgan fingerprint density at radius 1 is 1.04 bits per heavy atom. The maximum absolute atomic E-state index is 10.4. The molecular weight excluding hydrogens is 324 g/mol. The van der Waals surface area contributed by atoms with Crippen molar-refractivity contribution in [1.29, 1.82) is 0 Å². The molecule has 0 saturated carbocycles. The van der Waals surface area contributed by atoms with Gasteiger partial charge in [0.25, 0.3) is 0 Å². The number of rotatable bonds is 0. The van der Waals surface area contributed by atoms with E-state index in [4.69, 9.17) is 4.74 Å². The maximum atomic E-state index is 10.4. The number of phenolic OH excluding ortho intramolecular Hbond substituents is 1. The zero-order chi connectivity index (χ0) is 18.6. The Bertz CT molecular complexity index is 639. The Balaban J connectivity index is 2.40. The minimum atomic E-state index is -1.31. The molecule has 2 rings (SSSR count). The van der Waals surface area contributed by atoms with E-state index in [1.807, 2.05) is 6.92 Å². The van der Waals surface area contributed by atoms with Gasteiger partial charge in [0.15, 0.2) is 6.29 Å². The van der Waals surface area contributed by atoms with Gasteiger partial charge in [0.05, 0.1) is 17.8 Å². The second-order valence-electron chi connectivity index (χ2n) is 6.44. The number of phenols is 1. The SMILES string of the molecule is Cc1cc(O)c2c(c1)/C=C/C[C@H](O)[C@H](O)[C@@H](O)/C=C\C[C@H](C)O[C@@H]2O. The summed E-state index contributed by atoms with van der Waals surface area (Å²) in [5.41, 5.74) is 1.62. The Morgan fingerprint density at radius 3 is 2.48 bits per heavy atom. The van der Waals surface area contributed by atoms with E-state index in [0.29, 0.717) is 12.0 Å². The number of ether oxygens (including phenoxy) is 1. The second-order valence-corrected chi connectivity index (χ2v) is 6.44. The van der Waals surface area contributed by atoms with Crippen molar-refractivity contribution in [3.05, 3.63) is 47.1 Å². The molecule has 0 aromatic heterocycles. The molecule has 1 heterocycles. The van der Waals surface area contributed by atoms with E-state index in [1.54, 1.807) is 37.3 Å². The van der Waals surface area contributed by atoms with E-state index in [9.17, 15) is 25.5 Å². The number of hydrogen-bond donors (Lipinski definition) is 5. The lowest BCUT2D eigenvalue weighted by Crippen LogP contribution is -2.35. The molecule has 1 aromatic rings. The van der Waals surface area contributed by atoms with Crippen LogP contribution in [0.1, 0.15) is 42.7 Å². The highest BCUT2D eigenvalue weighted by atomic mass is 16.6. The van der Waals surface area contributed by atoms with Gasteiger partial charge in [0.1, 0.15) is 18.0 Å². The predicted octanol–water partition coefficient (Wildman–Crippen LogP) is 1.54. The van der Waals surface area contributed by atoms with Crippen LogP contribution in [0, 0.1) is 6.92 Å². The molecule has 5 N–H and O–H groups in total. The highest BCUT2D eigenvalue weighted by Gasteiger charge is 2.23. The summed E-state index contributed by atoms with van der Waals surface area (Å²) in [7, 11) is 0. The monoisotopic (exact) mass is 350 g/mol. The summed E-state index contributed by atoms with van der Waals surface area (Å²) in [5.74, 6) is -0.0713. The largest absolute Gasteiger partial charge is 0.507 e. The fourth-order valence-corrected chi connectivity index (χ4v) is 2.78. The Kier molecular flexibility index (Phi) is 6.75. The van der Waals surface area contributed by atoms with Crippen molar-refractivity contribution in [3.8, 4) is 5.75 Å². The number of aliphatic hydroxyl groups is 4. The normalized spacial score (nSPS) is 33.9. The first-order valence-corrected chi connectivity index (χ1v) is 8.34. The molecule has 6 nitrogen and oxygen atoms in total. The summed E-state index contributed by atoms with van der Waals surface area (Å²) >= 11 is 0. The molecular formula is C19H26O6. The quantitative estimate of drug-likeness (QED) is 0.454. The van der Waals surface area contributed by atoms with Crippen molar-refractivity contribution in [2.75, 3.05) is 0 Å². The molecule has 25 heavy (non-hydrogen) atoms. The van der Waals surface area contributed by atoms with Gasteiger partial charge in [-0.2, -0.15) is 0 Å². The number of fused-ring (bicyclic) bond motifs is 1. The predicted molar refractivity (Wildman–Crippen MR) is 93.8 cm³/mol. The molecule has 0 bridgehead atoms. The van der Waals surface area contributed by atoms with Crippen LogP contribution in [0.5, 0.6) is 5.75 Å². The average molecular weight is 350 g/mol. The number of aryl methyl sites for hydroxylation is 1. The van der Waals surface area contributed by atoms with E-state index < -0.39 is 24.6 Å². The van der Waals surface area contributed by atoms with Crippen LogP contribution in [0.2, 0.25) is 0 Å². The van der Waals surface area contributed by atoms with Crippen molar-refractivity contribution >= 4 is 6.08 Å². The van der Waals surface area contributed by atoms with E-state index >= 15 is 0 Å². The van der Waals surface area contributed by atoms with E-state index in [1.165, 1.54) is 6.08 Å². The van der Waals surface area contributed by atoms with Gasteiger partial charge in [-0.15, -0.1) is 0 Å². The van der Waals surface area contributed by atoms with Gasteiger partial charge in [-0.25, -0.2) is 0 Å². The van der Waals surface area contributed by atoms with Crippen molar-refractivity contribution < 1.29 is 30.3 Å². The molecule has 1 aliphatic heterocycles. The fourth-order valence-electron chi connectivity index (χ4n) is 2.78. The highest BCUT2D eigenvalue weighted by molar-refractivity contribution is 5.59. The summed E-state index contributed by atoms with van der Waals surface area (Å²) < 4.78 is 5.54. The summed E-state index contributed by atoms with van der Waals surface area (Å²) in [5, 5.41) is 50.4. The van der Waals surface area contributed by atoms with Crippen molar-refractivity contribution in [1.82, 2.24) is 0 Å². The number of aliphatic hydroxyl groups excluding tert-OH is 4. The summed E-state index contributed by atoms with van der Waals surface area (Å²) in [4.78, 5) is 0. The van der Waals surface area contributed by atoms with Gasteiger partial charge in [-0.1, -0.05) is 30.4 Å². The molecule has 0 unspecified atom stereocenters. The summed E-state index contributed by atoms with van der Waals surface area (Å²) in [6.07, 6.45) is 1.42. The molecule has 1 aromatic carbocycles. The van der Waals surface area contributed by atoms with Gasteiger partial charge >= 0.3 is 0 Å². The number of hydrogen-bond acceptors (Lipinski definition) is 6. The summed E-state index contributed by atoms with van der Waals surface area (Å²) in [6, 6.07) is 3.33. The smallest absolute Gasteiger partial charge is 0.185 e. The van der Waals surface area contributed by atoms with Gasteiger partial charge in [0, 0.05) is 0 Å². The standard InChI is InChI=1S/C19H26O6/c1-11-9-13-6-4-8-15(21)18(23)14(20)7-3-5-12(2)25-19(24)17(13)16(22)10-11/h3-4,6-7,9-10,12,14-15,18-24H,5,8H2,1-2H3/b6-4+,7-3-/t12-,14-,15-,18+,19-/m0/s1. The topological polar surface area (TPSA) is 110 Å². The third-order valence-electron chi connectivity index (χ3n) is 4.16. The molecule has 1 aliphatic rings. The lowest BCUT2D eigenvalue weighted by atomic mass is 9.99. The van der Waals surface area contributed by atoms with Crippen LogP contribution >= 0.6 is 0 Å². The van der Waals surface area contributed by atoms with E-state index in [-0.39, 0.29) is 23.8 Å². The Morgan fingerprint density at radius 2 is 1.76 bits per heavy atom. The van der Waals surface area contributed by atoms with Crippen LogP contribution in [0.3, 0.4) is 0 Å². The third kappa shape index (κ3) is 5.14. The molecule has 6 heteroatoms. The van der Waals surface area contributed by atoms with Gasteiger partial charge in [-0.05, 0) is 43.9 Å². The molecule has 0 radical (unpaired) electrons. The maximum Gasteiger partial charge on any atom is 0.185 e. The van der Waals surface area contributed by atoms with Crippen molar-refractivity contribution in [2.24, 2.45) is 0 Å². The minimum absolute atomic E-state index is 0.0713. The average Bonchev–Trinajstić information content (AvgIpc) is 2.52. The molecule has 0 fully saturated rings. The highest BCUT2D eigenvalue weighted by Crippen LogP contribution is 2.32. The first kappa shape index (κ1) is 19.6. The Labute approximate surface area is 147 Å². The number of benzene rings is 1. The number of aromatic hydroxyl groups is 1. The van der Waals surface area contributed by atoms with Crippen LogP contribution in [-0.2, 0) is 4.74 Å². The van der Waals surface area contributed by atoms with Crippen LogP contribution in [-0.4, -0.2) is 49.9 Å². The zero-order valence-corrected chi connectivity index (χ0v) is 14.4. The molecule has 5 atom stereocenters. The van der Waals surface area contributed by atoms with Crippen LogP contribution < -0.4 is 0 Å². The van der Waals surface area contributed by atoms with E-state index in [0.717, 1.165) is 5.56 Å². The van der Waals surface area contributed by atoms with Gasteiger partial charge in [0.2, 0.25) is 0 Å². The Hall–Kier alpha value is -1.70. The van der Waals surface area contributed by atoms with Gasteiger partial charge < -0.3 is 30.3 Å². The van der Waals surface area contributed by atoms with Crippen LogP contribution in [0.15, 0.2) is 30.4 Å². The molecule has 0 aliphatic carbocycles. The summed E-state index contributed by atoms with van der Waals surface area (Å²) in [6.45, 7) is 3.56. The first-order valence-electron chi connectivity index (χ1n) is 8.34. The lowest BCUT2D eigenvalue weighted by Gasteiger charge is -2.22. The van der Waals surface area contributed by atoms with Crippen LogP contribution in [0.25, 0.3) is 6.08 Å². The van der Waals surface area contributed by atoms with E-state index in [2.05, 4.69) is 0 Å². The fraction of sp³-hybridized carbons (Fsp3) is 0.474. The second kappa shape index (κ2) is 8.60. The first-order chi connectivity index (χ1) is 11.8. The molecule has 0 amide bonds.